The quantitative estimate of drug-likeness (QED) is 0.696. The Morgan fingerprint density at radius 1 is 1.43 bits per heavy atom. The topological polar surface area (TPSA) is 81.7 Å². The van der Waals surface area contributed by atoms with Gasteiger partial charge < -0.3 is 15.7 Å². The molecule has 21 heavy (non-hydrogen) atoms. The summed E-state index contributed by atoms with van der Waals surface area (Å²) in [7, 11) is -0.522. The van der Waals surface area contributed by atoms with Crippen LogP contribution in [0.25, 0.3) is 0 Å². The number of benzene rings is 1. The fourth-order valence-corrected chi connectivity index (χ4v) is 2.64. The second-order valence-electron chi connectivity index (χ2n) is 4.95. The molecule has 3 N–H and O–H groups in total. The summed E-state index contributed by atoms with van der Waals surface area (Å²) in [6.07, 6.45) is -0.522. The van der Waals surface area contributed by atoms with Crippen molar-refractivity contribution < 1.29 is 13.5 Å². The summed E-state index contributed by atoms with van der Waals surface area (Å²) >= 11 is 5.11. The standard InChI is InChI=1S/C13H21N3O3S2/c1-9-5-6-11(21(18,19)16(3)4)7-12(9)15-13(20)14-8-10(2)17/h5-7,10,17H,8H2,1-4H3,(H2,14,15,20)/t10-/m0/s1. The lowest BCUT2D eigenvalue weighted by atomic mass is 10.2. The van der Waals surface area contributed by atoms with Crippen LogP contribution in [0.4, 0.5) is 5.69 Å². The molecule has 1 atom stereocenters. The second-order valence-corrected chi connectivity index (χ2v) is 7.51. The number of anilines is 1. The zero-order valence-electron chi connectivity index (χ0n) is 12.5. The van der Waals surface area contributed by atoms with E-state index in [9.17, 15) is 13.5 Å². The molecule has 0 saturated heterocycles. The predicted molar refractivity (Wildman–Crippen MR) is 88.0 cm³/mol. The average Bonchev–Trinajstić information content (AvgIpc) is 2.38. The van der Waals surface area contributed by atoms with E-state index in [1.54, 1.807) is 25.1 Å². The molecule has 6 nitrogen and oxygen atoms in total. The van der Waals surface area contributed by atoms with Gasteiger partial charge in [-0.15, -0.1) is 0 Å². The van der Waals surface area contributed by atoms with Crippen LogP contribution in [0.5, 0.6) is 0 Å². The Bertz CT molecular complexity index is 613. The van der Waals surface area contributed by atoms with Gasteiger partial charge in [-0.3, -0.25) is 0 Å². The maximum absolute atomic E-state index is 12.1. The number of sulfonamides is 1. The Balaban J connectivity index is 2.96. The number of aliphatic hydroxyl groups is 1. The lowest BCUT2D eigenvalue weighted by Gasteiger charge is -2.16. The van der Waals surface area contributed by atoms with Crippen LogP contribution in [0, 0.1) is 6.92 Å². The smallest absolute Gasteiger partial charge is 0.242 e. The van der Waals surface area contributed by atoms with Gasteiger partial charge in [-0.2, -0.15) is 0 Å². The molecule has 0 bridgehead atoms. The van der Waals surface area contributed by atoms with Crippen LogP contribution >= 0.6 is 12.2 Å². The molecule has 1 aromatic carbocycles. The van der Waals surface area contributed by atoms with Crippen LogP contribution in [0.1, 0.15) is 12.5 Å². The molecule has 0 aliphatic carbocycles. The number of nitrogens with zero attached hydrogens (tertiary/aromatic N) is 1. The van der Waals surface area contributed by atoms with E-state index < -0.39 is 16.1 Å². The van der Waals surface area contributed by atoms with Gasteiger partial charge in [-0.25, -0.2) is 12.7 Å². The van der Waals surface area contributed by atoms with Crippen molar-refractivity contribution in [3.05, 3.63) is 23.8 Å². The SMILES string of the molecule is Cc1ccc(S(=O)(=O)N(C)C)cc1NC(=S)NC[C@H](C)O. The molecule has 0 aromatic heterocycles. The molecule has 0 saturated carbocycles. The highest BCUT2D eigenvalue weighted by Gasteiger charge is 2.18. The molecule has 118 valence electrons. The number of hydrogen-bond donors (Lipinski definition) is 3. The molecule has 0 radical (unpaired) electrons. The number of rotatable bonds is 5. The number of nitrogens with one attached hydrogen (secondary N) is 2. The minimum absolute atomic E-state index is 0.193. The number of hydrogen-bond acceptors (Lipinski definition) is 4. The molecule has 0 amide bonds. The predicted octanol–water partition coefficient (Wildman–Crippen LogP) is 0.913. The van der Waals surface area contributed by atoms with Gasteiger partial charge in [-0.1, -0.05) is 6.07 Å². The first-order chi connectivity index (χ1) is 9.64. The minimum atomic E-state index is -3.49. The molecule has 0 aliphatic rings. The Kier molecular flexibility index (Phi) is 6.09. The molecule has 1 aromatic rings. The van der Waals surface area contributed by atoms with Crippen LogP contribution in [0.15, 0.2) is 23.1 Å². The minimum Gasteiger partial charge on any atom is -0.392 e. The van der Waals surface area contributed by atoms with Crippen LogP contribution in [-0.2, 0) is 10.0 Å². The van der Waals surface area contributed by atoms with Gasteiger partial charge >= 0.3 is 0 Å². The average molecular weight is 331 g/mol. The van der Waals surface area contributed by atoms with Crippen molar-refractivity contribution in [2.45, 2.75) is 24.8 Å². The van der Waals surface area contributed by atoms with E-state index in [2.05, 4.69) is 10.6 Å². The third-order valence-corrected chi connectivity index (χ3v) is 4.85. The second kappa shape index (κ2) is 7.17. The molecule has 1 rings (SSSR count). The van der Waals surface area contributed by atoms with E-state index in [1.165, 1.54) is 14.1 Å². The number of aliphatic hydroxyl groups excluding tert-OH is 1. The van der Waals surface area contributed by atoms with Crippen molar-refractivity contribution in [1.29, 1.82) is 0 Å². The van der Waals surface area contributed by atoms with Gasteiger partial charge in [0.2, 0.25) is 10.0 Å². The normalized spacial score (nSPS) is 13.0. The molecule has 0 aliphatic heterocycles. The summed E-state index contributed by atoms with van der Waals surface area (Å²) < 4.78 is 25.4. The molecule has 0 heterocycles. The van der Waals surface area contributed by atoms with Crippen LogP contribution in [-0.4, -0.2) is 49.7 Å². The highest BCUT2D eigenvalue weighted by molar-refractivity contribution is 7.89. The van der Waals surface area contributed by atoms with Gasteiger partial charge in [0.05, 0.1) is 11.0 Å². The van der Waals surface area contributed by atoms with Gasteiger partial charge in [0.1, 0.15) is 0 Å². The Hall–Kier alpha value is -1.22. The number of thiocarbonyl (C=S) groups is 1. The lowest BCUT2D eigenvalue weighted by molar-refractivity contribution is 0.198. The zero-order valence-corrected chi connectivity index (χ0v) is 14.2. The zero-order chi connectivity index (χ0) is 16.2. The summed E-state index contributed by atoms with van der Waals surface area (Å²) in [4.78, 5) is 0.193. The van der Waals surface area contributed by atoms with E-state index in [0.717, 1.165) is 9.87 Å². The molecule has 0 unspecified atom stereocenters. The van der Waals surface area contributed by atoms with Crippen LogP contribution in [0.3, 0.4) is 0 Å². The van der Waals surface area contributed by atoms with Crippen molar-refractivity contribution in [3.8, 4) is 0 Å². The van der Waals surface area contributed by atoms with Gasteiger partial charge in [0.25, 0.3) is 0 Å². The summed E-state index contributed by atoms with van der Waals surface area (Å²) in [6.45, 7) is 3.82. The van der Waals surface area contributed by atoms with Crippen LogP contribution < -0.4 is 10.6 Å². The highest BCUT2D eigenvalue weighted by Crippen LogP contribution is 2.21. The Morgan fingerprint density at radius 3 is 2.57 bits per heavy atom. The van der Waals surface area contributed by atoms with Gasteiger partial charge in [0, 0.05) is 26.3 Å². The van der Waals surface area contributed by atoms with E-state index in [0.29, 0.717) is 17.3 Å². The summed E-state index contributed by atoms with van der Waals surface area (Å²) in [5, 5.41) is 15.3. The Morgan fingerprint density at radius 2 is 2.05 bits per heavy atom. The van der Waals surface area contributed by atoms with Crippen molar-refractivity contribution in [2.75, 3.05) is 26.0 Å². The first kappa shape index (κ1) is 17.8. The fourth-order valence-electron chi connectivity index (χ4n) is 1.51. The van der Waals surface area contributed by atoms with Gasteiger partial charge in [-0.05, 0) is 43.8 Å². The maximum atomic E-state index is 12.1. The van der Waals surface area contributed by atoms with E-state index in [1.807, 2.05) is 6.92 Å². The molecular formula is C13H21N3O3S2. The largest absolute Gasteiger partial charge is 0.392 e. The molecular weight excluding hydrogens is 310 g/mol. The van der Waals surface area contributed by atoms with Crippen LogP contribution in [0.2, 0.25) is 0 Å². The van der Waals surface area contributed by atoms with E-state index in [-0.39, 0.29) is 4.90 Å². The van der Waals surface area contributed by atoms with Crippen molar-refractivity contribution >= 4 is 33.0 Å². The third-order valence-electron chi connectivity index (χ3n) is 2.79. The molecule has 8 heteroatoms. The van der Waals surface area contributed by atoms with E-state index >= 15 is 0 Å². The lowest BCUT2D eigenvalue weighted by Crippen LogP contribution is -2.34. The highest BCUT2D eigenvalue weighted by atomic mass is 32.2. The molecule has 0 spiro atoms. The van der Waals surface area contributed by atoms with Crippen molar-refractivity contribution in [3.63, 3.8) is 0 Å². The summed E-state index contributed by atoms with van der Waals surface area (Å²) in [5.74, 6) is 0. The van der Waals surface area contributed by atoms with Crippen molar-refractivity contribution in [1.82, 2.24) is 9.62 Å². The fraction of sp³-hybridized carbons (Fsp3) is 0.462. The Labute approximate surface area is 131 Å². The summed E-state index contributed by atoms with van der Waals surface area (Å²) in [5.41, 5.74) is 1.48. The number of aryl methyl sites for hydroxylation is 1. The van der Waals surface area contributed by atoms with Gasteiger partial charge in [0.15, 0.2) is 5.11 Å². The van der Waals surface area contributed by atoms with E-state index in [4.69, 9.17) is 12.2 Å². The van der Waals surface area contributed by atoms with Crippen molar-refractivity contribution in [2.24, 2.45) is 0 Å². The molecule has 0 fully saturated rings. The summed E-state index contributed by atoms with van der Waals surface area (Å²) in [6, 6.07) is 4.82. The third kappa shape index (κ3) is 4.92. The first-order valence-corrected chi connectivity index (χ1v) is 8.25. The first-order valence-electron chi connectivity index (χ1n) is 6.40. The monoisotopic (exact) mass is 331 g/mol. The maximum Gasteiger partial charge on any atom is 0.242 e.